The van der Waals surface area contributed by atoms with Gasteiger partial charge in [-0.05, 0) is 42.3 Å². The van der Waals surface area contributed by atoms with Crippen LogP contribution in [0.3, 0.4) is 0 Å². The fraction of sp³-hybridized carbons (Fsp3) is 0.200. The average Bonchev–Trinajstić information content (AvgIpc) is 3.12. The molecule has 3 aromatic rings. The summed E-state index contributed by atoms with van der Waals surface area (Å²) in [6, 6.07) is 12.4. The van der Waals surface area contributed by atoms with Gasteiger partial charge in [-0.1, -0.05) is 46.6 Å². The van der Waals surface area contributed by atoms with Crippen molar-refractivity contribution in [3.63, 3.8) is 0 Å². The van der Waals surface area contributed by atoms with Gasteiger partial charge < -0.3 is 10.1 Å². The molecule has 30 heavy (non-hydrogen) atoms. The number of alkyl halides is 3. The van der Waals surface area contributed by atoms with Crippen LogP contribution in [0.25, 0.3) is 5.69 Å². The van der Waals surface area contributed by atoms with Crippen LogP contribution in [0.1, 0.15) is 18.2 Å². The van der Waals surface area contributed by atoms with E-state index >= 15 is 0 Å². The summed E-state index contributed by atoms with van der Waals surface area (Å²) in [7, 11) is 0. The van der Waals surface area contributed by atoms with Crippen molar-refractivity contribution in [2.75, 3.05) is 11.9 Å². The molecule has 0 fully saturated rings. The summed E-state index contributed by atoms with van der Waals surface area (Å²) in [5.41, 5.74) is 0.549. The summed E-state index contributed by atoms with van der Waals surface area (Å²) in [6.07, 6.45) is -4.00. The molecule has 1 aromatic heterocycles. The Hall–Kier alpha value is -2.52. The monoisotopic (exact) mass is 501 g/mol. The number of benzene rings is 2. The Morgan fingerprint density at radius 1 is 1.23 bits per heavy atom. The van der Waals surface area contributed by atoms with E-state index in [2.05, 4.69) is 26.3 Å². The van der Waals surface area contributed by atoms with Gasteiger partial charge in [-0.15, -0.1) is 0 Å². The van der Waals surface area contributed by atoms with Gasteiger partial charge in [-0.2, -0.15) is 23.0 Å². The summed E-state index contributed by atoms with van der Waals surface area (Å²) in [4.78, 5) is 12.3. The van der Waals surface area contributed by atoms with E-state index < -0.39 is 24.4 Å². The van der Waals surface area contributed by atoms with E-state index in [9.17, 15) is 18.0 Å². The Bertz CT molecular complexity index is 1070. The number of amides is 1. The van der Waals surface area contributed by atoms with E-state index in [0.29, 0.717) is 12.1 Å². The van der Waals surface area contributed by atoms with Crippen molar-refractivity contribution in [3.8, 4) is 11.6 Å². The van der Waals surface area contributed by atoms with Crippen LogP contribution in [0.5, 0.6) is 5.88 Å². The predicted octanol–water partition coefficient (Wildman–Crippen LogP) is 5.89. The van der Waals surface area contributed by atoms with Crippen LogP contribution in [0.4, 0.5) is 18.9 Å². The molecule has 2 aromatic carbocycles. The Balaban J connectivity index is 1.82. The molecule has 158 valence electrons. The normalized spacial score (nSPS) is 11.4. The lowest BCUT2D eigenvalue weighted by Crippen LogP contribution is -2.21. The molecule has 3 rings (SSSR count). The zero-order valence-corrected chi connectivity index (χ0v) is 18.0. The second-order valence-corrected chi connectivity index (χ2v) is 7.54. The fourth-order valence-electron chi connectivity index (χ4n) is 2.70. The standard InChI is InChI=1S/C20H16BrClF3N3O2/c1-2-12-9-13(21)7-8-15(12)26-18(29)11-30-19-10-17(20(23,24)25)27-28(19)16-6-4-3-5-14(16)22/h3-10H,2,11H2,1H3,(H,26,29). The van der Waals surface area contributed by atoms with E-state index in [1.807, 2.05) is 13.0 Å². The number of ether oxygens (including phenoxy) is 1. The average molecular weight is 503 g/mol. The predicted molar refractivity (Wildman–Crippen MR) is 111 cm³/mol. The summed E-state index contributed by atoms with van der Waals surface area (Å²) in [5, 5.41) is 6.45. The summed E-state index contributed by atoms with van der Waals surface area (Å²) >= 11 is 9.46. The van der Waals surface area contributed by atoms with Gasteiger partial charge in [0, 0.05) is 16.2 Å². The largest absolute Gasteiger partial charge is 0.467 e. The number of nitrogens with zero attached hydrogens (tertiary/aromatic N) is 2. The topological polar surface area (TPSA) is 56.1 Å². The lowest BCUT2D eigenvalue weighted by Gasteiger charge is -2.12. The number of rotatable bonds is 6. The Kier molecular flexibility index (Phi) is 6.72. The first-order chi connectivity index (χ1) is 14.2. The summed E-state index contributed by atoms with van der Waals surface area (Å²) in [6.45, 7) is 1.43. The lowest BCUT2D eigenvalue weighted by molar-refractivity contribution is -0.141. The summed E-state index contributed by atoms with van der Waals surface area (Å²) in [5.74, 6) is -0.774. The number of hydrogen-bond acceptors (Lipinski definition) is 3. The van der Waals surface area contributed by atoms with Crippen LogP contribution in [0, 0.1) is 0 Å². The zero-order valence-electron chi connectivity index (χ0n) is 15.6. The van der Waals surface area contributed by atoms with Gasteiger partial charge in [0.15, 0.2) is 12.3 Å². The maximum absolute atomic E-state index is 13.2. The minimum Gasteiger partial charge on any atom is -0.467 e. The lowest BCUT2D eigenvalue weighted by atomic mass is 10.1. The van der Waals surface area contributed by atoms with E-state index in [1.54, 1.807) is 24.3 Å². The number of nitrogens with one attached hydrogen (secondary N) is 1. The minimum absolute atomic E-state index is 0.186. The highest BCUT2D eigenvalue weighted by Crippen LogP contribution is 2.33. The van der Waals surface area contributed by atoms with Crippen molar-refractivity contribution >= 4 is 39.1 Å². The molecule has 0 saturated heterocycles. The molecule has 0 bridgehead atoms. The number of carbonyl (C=O) groups is 1. The van der Waals surface area contributed by atoms with E-state index in [1.165, 1.54) is 12.1 Å². The first-order valence-electron chi connectivity index (χ1n) is 8.82. The highest BCUT2D eigenvalue weighted by Gasteiger charge is 2.36. The van der Waals surface area contributed by atoms with Crippen LogP contribution in [-0.4, -0.2) is 22.3 Å². The number of aryl methyl sites for hydroxylation is 1. The van der Waals surface area contributed by atoms with Crippen molar-refractivity contribution in [1.29, 1.82) is 0 Å². The van der Waals surface area contributed by atoms with Crippen LogP contribution in [-0.2, 0) is 17.4 Å². The molecule has 0 unspecified atom stereocenters. The third-order valence-corrected chi connectivity index (χ3v) is 4.93. The second-order valence-electron chi connectivity index (χ2n) is 6.22. The van der Waals surface area contributed by atoms with Crippen LogP contribution >= 0.6 is 27.5 Å². The molecule has 0 aliphatic carbocycles. The summed E-state index contributed by atoms with van der Waals surface area (Å²) < 4.78 is 46.6. The first kappa shape index (κ1) is 22.2. The highest BCUT2D eigenvalue weighted by atomic mass is 79.9. The minimum atomic E-state index is -4.68. The molecule has 0 radical (unpaired) electrons. The molecule has 1 heterocycles. The van der Waals surface area contributed by atoms with Crippen molar-refractivity contribution in [2.45, 2.75) is 19.5 Å². The van der Waals surface area contributed by atoms with Crippen LogP contribution in [0.15, 0.2) is 53.0 Å². The van der Waals surface area contributed by atoms with Gasteiger partial charge in [0.05, 0.1) is 10.7 Å². The Morgan fingerprint density at radius 2 is 1.97 bits per heavy atom. The zero-order chi connectivity index (χ0) is 21.9. The third-order valence-electron chi connectivity index (χ3n) is 4.12. The van der Waals surface area contributed by atoms with Crippen molar-refractivity contribution in [1.82, 2.24) is 9.78 Å². The SMILES string of the molecule is CCc1cc(Br)ccc1NC(=O)COc1cc(C(F)(F)F)nn1-c1ccccc1Cl. The van der Waals surface area contributed by atoms with Gasteiger partial charge in [-0.3, -0.25) is 4.79 Å². The van der Waals surface area contributed by atoms with Gasteiger partial charge in [0.2, 0.25) is 5.88 Å². The van der Waals surface area contributed by atoms with E-state index in [0.717, 1.165) is 20.8 Å². The molecule has 0 aliphatic heterocycles. The third kappa shape index (κ3) is 5.14. The van der Waals surface area contributed by atoms with Crippen molar-refractivity contribution < 1.29 is 22.7 Å². The van der Waals surface area contributed by atoms with E-state index in [4.69, 9.17) is 16.3 Å². The highest BCUT2D eigenvalue weighted by molar-refractivity contribution is 9.10. The van der Waals surface area contributed by atoms with Gasteiger partial charge in [0.1, 0.15) is 0 Å². The van der Waals surface area contributed by atoms with Gasteiger partial charge in [-0.25, -0.2) is 0 Å². The molecule has 1 N–H and O–H groups in total. The smallest absolute Gasteiger partial charge is 0.435 e. The molecular formula is C20H16BrClF3N3O2. The van der Waals surface area contributed by atoms with Crippen LogP contribution in [0.2, 0.25) is 5.02 Å². The van der Waals surface area contributed by atoms with Gasteiger partial charge in [0.25, 0.3) is 5.91 Å². The molecule has 5 nitrogen and oxygen atoms in total. The van der Waals surface area contributed by atoms with Crippen LogP contribution < -0.4 is 10.1 Å². The number of aromatic nitrogens is 2. The molecule has 1 amide bonds. The molecular weight excluding hydrogens is 487 g/mol. The maximum atomic E-state index is 13.2. The quantitative estimate of drug-likeness (QED) is 0.457. The molecule has 0 atom stereocenters. The second kappa shape index (κ2) is 9.09. The van der Waals surface area contributed by atoms with Gasteiger partial charge >= 0.3 is 6.18 Å². The molecule has 0 aliphatic rings. The fourth-order valence-corrected chi connectivity index (χ4v) is 3.33. The number of para-hydroxylation sites is 1. The number of anilines is 1. The van der Waals surface area contributed by atoms with Crippen molar-refractivity contribution in [3.05, 3.63) is 69.3 Å². The van der Waals surface area contributed by atoms with E-state index in [-0.39, 0.29) is 16.6 Å². The maximum Gasteiger partial charge on any atom is 0.435 e. The number of hydrogen-bond donors (Lipinski definition) is 1. The molecule has 0 spiro atoms. The number of carbonyl (C=O) groups excluding carboxylic acids is 1. The molecule has 10 heteroatoms. The Morgan fingerprint density at radius 3 is 2.63 bits per heavy atom. The first-order valence-corrected chi connectivity index (χ1v) is 9.99. The number of halogens is 5. The Labute approximate surface area is 183 Å². The molecule has 0 saturated carbocycles. The van der Waals surface area contributed by atoms with Crippen molar-refractivity contribution in [2.24, 2.45) is 0 Å².